The van der Waals surface area contributed by atoms with E-state index in [0.717, 1.165) is 17.1 Å². The summed E-state index contributed by atoms with van der Waals surface area (Å²) >= 11 is 0. The van der Waals surface area contributed by atoms with Crippen molar-refractivity contribution in [2.24, 2.45) is 0 Å². The number of nitrogens with zero attached hydrogens (tertiary/aromatic N) is 1. The predicted octanol–water partition coefficient (Wildman–Crippen LogP) is 3.26. The minimum Gasteiger partial charge on any atom is -0.454 e. The van der Waals surface area contributed by atoms with Crippen molar-refractivity contribution in [1.29, 1.82) is 0 Å². The molecule has 0 fully saturated rings. The van der Waals surface area contributed by atoms with E-state index in [4.69, 9.17) is 9.47 Å². The normalized spacial score (nSPS) is 13.7. The van der Waals surface area contributed by atoms with Crippen LogP contribution in [0.5, 0.6) is 11.5 Å². The number of rotatable bonds is 4. The lowest BCUT2D eigenvalue weighted by molar-refractivity contribution is 0.0743. The second-order valence-corrected chi connectivity index (χ2v) is 5.66. The number of hydrogen-bond donors (Lipinski definition) is 0. The Labute approximate surface area is 134 Å². The van der Waals surface area contributed by atoms with Gasteiger partial charge in [-0.25, -0.2) is 4.39 Å². The average Bonchev–Trinajstić information content (AvgIpc) is 3.01. The summed E-state index contributed by atoms with van der Waals surface area (Å²) in [7, 11) is 1.75. The Morgan fingerprint density at radius 2 is 1.87 bits per heavy atom. The third-order valence-corrected chi connectivity index (χ3v) is 4.04. The second kappa shape index (κ2) is 6.28. The quantitative estimate of drug-likeness (QED) is 0.869. The first-order chi connectivity index (χ1) is 11.0. The molecule has 23 heavy (non-hydrogen) atoms. The van der Waals surface area contributed by atoms with Crippen LogP contribution in [0.3, 0.4) is 0 Å². The van der Waals surface area contributed by atoms with Crippen LogP contribution in [-0.4, -0.2) is 30.7 Å². The minimum absolute atomic E-state index is 0.00655. The number of amides is 1. The standard InChI is InChI=1S/C18H18FNO3/c1-12(9-13-3-8-16-17(10-13)23-11-22-16)20(2)18(21)14-4-6-15(19)7-5-14/h3-8,10,12H,9,11H2,1-2H3. The van der Waals surface area contributed by atoms with Crippen LogP contribution >= 0.6 is 0 Å². The Bertz CT molecular complexity index is 715. The third-order valence-electron chi connectivity index (χ3n) is 4.04. The molecule has 2 aromatic rings. The van der Waals surface area contributed by atoms with Gasteiger partial charge in [-0.05, 0) is 55.3 Å². The number of hydrogen-bond acceptors (Lipinski definition) is 3. The second-order valence-electron chi connectivity index (χ2n) is 5.66. The van der Waals surface area contributed by atoms with Crippen LogP contribution in [0.1, 0.15) is 22.8 Å². The van der Waals surface area contributed by atoms with E-state index in [2.05, 4.69) is 0 Å². The van der Waals surface area contributed by atoms with E-state index < -0.39 is 0 Å². The van der Waals surface area contributed by atoms with Gasteiger partial charge in [0, 0.05) is 18.7 Å². The first-order valence-electron chi connectivity index (χ1n) is 7.46. The van der Waals surface area contributed by atoms with Crippen molar-refractivity contribution in [3.05, 3.63) is 59.4 Å². The van der Waals surface area contributed by atoms with Gasteiger partial charge in [-0.2, -0.15) is 0 Å². The molecule has 3 rings (SSSR count). The maximum atomic E-state index is 13.0. The van der Waals surface area contributed by atoms with E-state index in [1.165, 1.54) is 24.3 Å². The molecule has 0 radical (unpaired) electrons. The molecular formula is C18H18FNO3. The van der Waals surface area contributed by atoms with Crippen molar-refractivity contribution in [1.82, 2.24) is 4.90 Å². The van der Waals surface area contributed by atoms with Crippen LogP contribution in [0, 0.1) is 5.82 Å². The summed E-state index contributed by atoms with van der Waals surface area (Å²) in [5, 5.41) is 0. The van der Waals surface area contributed by atoms with E-state index in [9.17, 15) is 9.18 Å². The van der Waals surface area contributed by atoms with Crippen LogP contribution in [0.15, 0.2) is 42.5 Å². The summed E-state index contributed by atoms with van der Waals surface area (Å²) in [6, 6.07) is 11.4. The Kier molecular flexibility index (Phi) is 4.19. The van der Waals surface area contributed by atoms with E-state index >= 15 is 0 Å². The predicted molar refractivity (Wildman–Crippen MR) is 84.2 cm³/mol. The molecule has 120 valence electrons. The fraction of sp³-hybridized carbons (Fsp3) is 0.278. The molecular weight excluding hydrogens is 297 g/mol. The summed E-state index contributed by atoms with van der Waals surface area (Å²) in [5.74, 6) is 1.01. The van der Waals surface area contributed by atoms with Gasteiger partial charge in [0.05, 0.1) is 0 Å². The Morgan fingerprint density at radius 3 is 2.61 bits per heavy atom. The van der Waals surface area contributed by atoms with Crippen LogP contribution < -0.4 is 9.47 Å². The van der Waals surface area contributed by atoms with Crippen molar-refractivity contribution >= 4 is 5.91 Å². The maximum Gasteiger partial charge on any atom is 0.253 e. The Morgan fingerprint density at radius 1 is 1.17 bits per heavy atom. The van der Waals surface area contributed by atoms with Crippen molar-refractivity contribution in [2.75, 3.05) is 13.8 Å². The molecule has 0 N–H and O–H groups in total. The highest BCUT2D eigenvalue weighted by atomic mass is 19.1. The van der Waals surface area contributed by atoms with Gasteiger partial charge in [0.2, 0.25) is 6.79 Å². The SMILES string of the molecule is CC(Cc1ccc2c(c1)OCO2)N(C)C(=O)c1ccc(F)cc1. The largest absolute Gasteiger partial charge is 0.454 e. The molecule has 0 aliphatic carbocycles. The molecule has 0 saturated heterocycles. The summed E-state index contributed by atoms with van der Waals surface area (Å²) < 4.78 is 23.6. The Hall–Kier alpha value is -2.56. The number of carbonyl (C=O) groups is 1. The molecule has 0 aromatic heterocycles. The lowest BCUT2D eigenvalue weighted by Gasteiger charge is -2.25. The van der Waals surface area contributed by atoms with Crippen LogP contribution in [0.2, 0.25) is 0 Å². The van der Waals surface area contributed by atoms with Gasteiger partial charge in [0.15, 0.2) is 11.5 Å². The zero-order chi connectivity index (χ0) is 16.4. The first-order valence-corrected chi connectivity index (χ1v) is 7.46. The topological polar surface area (TPSA) is 38.8 Å². The smallest absolute Gasteiger partial charge is 0.253 e. The molecule has 1 aliphatic rings. The van der Waals surface area contributed by atoms with Crippen LogP contribution in [-0.2, 0) is 6.42 Å². The van der Waals surface area contributed by atoms with Crippen LogP contribution in [0.4, 0.5) is 4.39 Å². The van der Waals surface area contributed by atoms with Gasteiger partial charge in [0.25, 0.3) is 5.91 Å². The number of benzene rings is 2. The summed E-state index contributed by atoms with van der Waals surface area (Å²) in [6.45, 7) is 2.23. The number of likely N-dealkylation sites (N-methyl/N-ethyl adjacent to an activating group) is 1. The van der Waals surface area contributed by atoms with E-state index in [1.807, 2.05) is 25.1 Å². The molecule has 0 saturated carbocycles. The molecule has 0 spiro atoms. The van der Waals surface area contributed by atoms with Gasteiger partial charge in [-0.1, -0.05) is 6.07 Å². The molecule has 2 aromatic carbocycles. The van der Waals surface area contributed by atoms with E-state index in [0.29, 0.717) is 12.0 Å². The molecule has 4 nitrogen and oxygen atoms in total. The maximum absolute atomic E-state index is 13.0. The average molecular weight is 315 g/mol. The molecule has 1 heterocycles. The third kappa shape index (κ3) is 3.28. The van der Waals surface area contributed by atoms with Gasteiger partial charge < -0.3 is 14.4 Å². The number of fused-ring (bicyclic) bond motifs is 1. The summed E-state index contributed by atoms with van der Waals surface area (Å²) in [5.41, 5.74) is 1.55. The lowest BCUT2D eigenvalue weighted by Crippen LogP contribution is -2.36. The first kappa shape index (κ1) is 15.3. The molecule has 5 heteroatoms. The fourth-order valence-electron chi connectivity index (χ4n) is 2.54. The zero-order valence-electron chi connectivity index (χ0n) is 13.1. The molecule has 1 aliphatic heterocycles. The highest BCUT2D eigenvalue weighted by Crippen LogP contribution is 2.33. The summed E-state index contributed by atoms with van der Waals surface area (Å²) in [4.78, 5) is 14.1. The van der Waals surface area contributed by atoms with E-state index in [1.54, 1.807) is 11.9 Å². The molecule has 1 unspecified atom stereocenters. The van der Waals surface area contributed by atoms with Crippen molar-refractivity contribution in [3.63, 3.8) is 0 Å². The monoisotopic (exact) mass is 315 g/mol. The molecule has 1 amide bonds. The molecule has 1 atom stereocenters. The van der Waals surface area contributed by atoms with Gasteiger partial charge in [-0.3, -0.25) is 4.79 Å². The summed E-state index contributed by atoms with van der Waals surface area (Å²) in [6.07, 6.45) is 0.695. The van der Waals surface area contributed by atoms with Crippen molar-refractivity contribution in [3.8, 4) is 11.5 Å². The Balaban J connectivity index is 1.68. The zero-order valence-corrected chi connectivity index (χ0v) is 13.1. The van der Waals surface area contributed by atoms with Crippen molar-refractivity contribution < 1.29 is 18.7 Å². The van der Waals surface area contributed by atoms with Crippen LogP contribution in [0.25, 0.3) is 0 Å². The number of ether oxygens (including phenoxy) is 2. The lowest BCUT2D eigenvalue weighted by atomic mass is 10.0. The van der Waals surface area contributed by atoms with Gasteiger partial charge in [-0.15, -0.1) is 0 Å². The van der Waals surface area contributed by atoms with Gasteiger partial charge in [0.1, 0.15) is 5.82 Å². The fourth-order valence-corrected chi connectivity index (χ4v) is 2.54. The highest BCUT2D eigenvalue weighted by Gasteiger charge is 2.19. The highest BCUT2D eigenvalue weighted by molar-refractivity contribution is 5.94. The minimum atomic E-state index is -0.349. The number of carbonyl (C=O) groups excluding carboxylic acids is 1. The number of halogens is 1. The van der Waals surface area contributed by atoms with Gasteiger partial charge >= 0.3 is 0 Å². The van der Waals surface area contributed by atoms with E-state index in [-0.39, 0.29) is 24.6 Å². The molecule has 0 bridgehead atoms. The van der Waals surface area contributed by atoms with Crippen molar-refractivity contribution in [2.45, 2.75) is 19.4 Å².